The average Bonchev–Trinajstić information content (AvgIpc) is 1.99. The minimum absolute atomic E-state index is 0.346. The summed E-state index contributed by atoms with van der Waals surface area (Å²) in [6, 6.07) is 0. The largest absolute Gasteiger partial charge is 0.479 e. The van der Waals surface area contributed by atoms with Crippen molar-refractivity contribution < 1.29 is 19.8 Å². The van der Waals surface area contributed by atoms with Crippen molar-refractivity contribution in [1.82, 2.24) is 0 Å². The first-order valence-electron chi connectivity index (χ1n) is 2.96. The van der Waals surface area contributed by atoms with Gasteiger partial charge >= 0.3 is 11.9 Å². The van der Waals surface area contributed by atoms with Gasteiger partial charge < -0.3 is 15.9 Å². The number of carboxylic acids is 2. The van der Waals surface area contributed by atoms with E-state index in [0.29, 0.717) is 0 Å². The van der Waals surface area contributed by atoms with Gasteiger partial charge in [-0.25, -0.2) is 9.59 Å². The van der Waals surface area contributed by atoms with E-state index in [-0.39, 0.29) is 6.42 Å². The Balaban J connectivity index is 4.62. The number of rotatable bonds is 4. The quantitative estimate of drug-likeness (QED) is 0.546. The Morgan fingerprint density at radius 1 is 1.42 bits per heavy atom. The summed E-state index contributed by atoms with van der Waals surface area (Å²) in [6.45, 7) is 0. The Kier molecular flexibility index (Phi) is 3.72. The zero-order valence-electron chi connectivity index (χ0n) is 6.03. The van der Waals surface area contributed by atoms with E-state index < -0.39 is 17.5 Å². The Bertz CT molecular complexity index is 212. The fourth-order valence-electron chi connectivity index (χ4n) is 0.497. The van der Waals surface area contributed by atoms with Crippen LogP contribution < -0.4 is 5.73 Å². The molecule has 0 atom stereocenters. The summed E-state index contributed by atoms with van der Waals surface area (Å²) in [7, 11) is 0. The summed E-state index contributed by atoms with van der Waals surface area (Å²) in [4.78, 5) is 20.8. The number of carbonyl (C=O) groups is 2. The van der Waals surface area contributed by atoms with Gasteiger partial charge in [0.25, 0.3) is 0 Å². The first-order chi connectivity index (χ1) is 5.45. The molecule has 0 amide bonds. The molecule has 0 aromatic rings. The summed E-state index contributed by atoms with van der Waals surface area (Å²) in [6.07, 6.45) is 0.824. The van der Waals surface area contributed by atoms with E-state index in [9.17, 15) is 9.59 Å². The van der Waals surface area contributed by atoms with Gasteiger partial charge in [-0.15, -0.1) is 0 Å². The van der Waals surface area contributed by atoms with Crippen molar-refractivity contribution >= 4 is 23.5 Å². The maximum atomic E-state index is 10.4. The normalized spacial score (nSPS) is 11.8. The second-order valence-corrected chi connectivity index (χ2v) is 2.40. The van der Waals surface area contributed by atoms with Gasteiger partial charge in [-0.2, -0.15) is 0 Å². The highest BCUT2D eigenvalue weighted by atomic mass is 35.5. The number of hydrogen-bond acceptors (Lipinski definition) is 3. The van der Waals surface area contributed by atoms with Gasteiger partial charge in [0, 0.05) is 12.0 Å². The van der Waals surface area contributed by atoms with Crippen molar-refractivity contribution in [3.63, 3.8) is 0 Å². The lowest BCUT2D eigenvalue weighted by Gasteiger charge is -2.16. The van der Waals surface area contributed by atoms with Gasteiger partial charge in [-0.1, -0.05) is 17.7 Å². The average molecular weight is 194 g/mol. The molecule has 0 aliphatic heterocycles. The molecular weight excluding hydrogens is 186 g/mol. The molecule has 0 saturated carbocycles. The number of hydrogen-bond donors (Lipinski definition) is 3. The first kappa shape index (κ1) is 10.9. The molecule has 0 aromatic heterocycles. The SMILES string of the molecule is NC(CC=CCl)(C(=O)O)C(=O)O. The molecular formula is C6H8ClNO4. The van der Waals surface area contributed by atoms with Crippen molar-refractivity contribution in [3.8, 4) is 0 Å². The van der Waals surface area contributed by atoms with Crippen LogP contribution in [0.1, 0.15) is 6.42 Å². The third kappa shape index (κ3) is 2.21. The van der Waals surface area contributed by atoms with Gasteiger partial charge in [0.15, 0.2) is 0 Å². The summed E-state index contributed by atoms with van der Waals surface area (Å²) in [5.41, 5.74) is 3.80. The topological polar surface area (TPSA) is 101 Å². The van der Waals surface area contributed by atoms with Gasteiger partial charge in [0.2, 0.25) is 5.54 Å². The van der Waals surface area contributed by atoms with Gasteiger partial charge in [-0.05, 0) is 0 Å². The Morgan fingerprint density at radius 2 is 1.83 bits per heavy atom. The van der Waals surface area contributed by atoms with Crippen molar-refractivity contribution in [2.45, 2.75) is 12.0 Å². The molecule has 0 fully saturated rings. The van der Waals surface area contributed by atoms with Crippen LogP contribution >= 0.6 is 11.6 Å². The van der Waals surface area contributed by atoms with Gasteiger partial charge in [0.1, 0.15) is 0 Å². The smallest absolute Gasteiger partial charge is 0.335 e. The molecule has 5 nitrogen and oxygen atoms in total. The molecule has 12 heavy (non-hydrogen) atoms. The maximum Gasteiger partial charge on any atom is 0.335 e. The third-order valence-corrected chi connectivity index (χ3v) is 1.47. The summed E-state index contributed by atoms with van der Waals surface area (Å²) in [5, 5.41) is 16.9. The highest BCUT2D eigenvalue weighted by Crippen LogP contribution is 2.08. The highest BCUT2D eigenvalue weighted by molar-refractivity contribution is 6.25. The number of carboxylic acid groups (broad SMARTS) is 2. The molecule has 0 rings (SSSR count). The van der Waals surface area contributed by atoms with E-state index in [1.807, 2.05) is 0 Å². The van der Waals surface area contributed by atoms with Gasteiger partial charge in [-0.3, -0.25) is 0 Å². The van der Waals surface area contributed by atoms with E-state index in [2.05, 4.69) is 0 Å². The Hall–Kier alpha value is -1.07. The third-order valence-electron chi connectivity index (χ3n) is 1.29. The zero-order chi connectivity index (χ0) is 9.78. The molecule has 68 valence electrons. The maximum absolute atomic E-state index is 10.4. The van der Waals surface area contributed by atoms with Crippen LogP contribution in [0.5, 0.6) is 0 Å². The molecule has 0 saturated heterocycles. The van der Waals surface area contributed by atoms with Crippen LogP contribution in [0.4, 0.5) is 0 Å². The second kappa shape index (κ2) is 4.08. The minimum atomic E-state index is -2.29. The molecule has 0 aromatic carbocycles. The number of aliphatic carboxylic acids is 2. The van der Waals surface area contributed by atoms with Crippen molar-refractivity contribution in [2.75, 3.05) is 0 Å². The van der Waals surface area contributed by atoms with E-state index in [1.165, 1.54) is 6.08 Å². The lowest BCUT2D eigenvalue weighted by molar-refractivity contribution is -0.156. The molecule has 0 radical (unpaired) electrons. The van der Waals surface area contributed by atoms with Crippen LogP contribution in [0.25, 0.3) is 0 Å². The Labute approximate surface area is 73.4 Å². The predicted octanol–water partition coefficient (Wildman–Crippen LogP) is -0.00430. The highest BCUT2D eigenvalue weighted by Gasteiger charge is 2.41. The fourth-order valence-corrected chi connectivity index (χ4v) is 0.586. The number of nitrogens with two attached hydrogens (primary N) is 1. The molecule has 0 aliphatic rings. The fraction of sp³-hybridized carbons (Fsp3) is 0.333. The van der Waals surface area contributed by atoms with Gasteiger partial charge in [0.05, 0.1) is 0 Å². The molecule has 0 aliphatic carbocycles. The zero-order valence-corrected chi connectivity index (χ0v) is 6.78. The standard InChI is InChI=1S/C6H8ClNO4/c7-3-1-2-6(8,4(9)10)5(11)12/h1,3H,2,8H2,(H,9,10)(H,11,12). The molecule has 4 N–H and O–H groups in total. The lowest BCUT2D eigenvalue weighted by Crippen LogP contribution is -2.54. The van der Waals surface area contributed by atoms with Crippen molar-refractivity contribution in [2.24, 2.45) is 5.73 Å². The summed E-state index contributed by atoms with van der Waals surface area (Å²) >= 11 is 5.09. The van der Waals surface area contributed by atoms with Crippen LogP contribution in [-0.4, -0.2) is 27.7 Å². The molecule has 0 unspecified atom stereocenters. The lowest BCUT2D eigenvalue weighted by atomic mass is 9.97. The molecule has 0 bridgehead atoms. The van der Waals surface area contributed by atoms with E-state index >= 15 is 0 Å². The van der Waals surface area contributed by atoms with Crippen LogP contribution in [-0.2, 0) is 9.59 Å². The molecule has 6 heteroatoms. The van der Waals surface area contributed by atoms with Crippen LogP contribution in [0.2, 0.25) is 0 Å². The van der Waals surface area contributed by atoms with E-state index in [4.69, 9.17) is 27.5 Å². The van der Waals surface area contributed by atoms with Crippen LogP contribution in [0.15, 0.2) is 11.6 Å². The monoisotopic (exact) mass is 193 g/mol. The van der Waals surface area contributed by atoms with E-state index in [1.54, 1.807) is 0 Å². The summed E-state index contributed by atoms with van der Waals surface area (Å²) < 4.78 is 0. The number of halogens is 1. The molecule has 0 heterocycles. The first-order valence-corrected chi connectivity index (χ1v) is 3.39. The van der Waals surface area contributed by atoms with Crippen LogP contribution in [0, 0.1) is 0 Å². The minimum Gasteiger partial charge on any atom is -0.479 e. The predicted molar refractivity (Wildman–Crippen MR) is 41.8 cm³/mol. The van der Waals surface area contributed by atoms with Crippen LogP contribution in [0.3, 0.4) is 0 Å². The molecule has 0 spiro atoms. The Morgan fingerprint density at radius 3 is 2.08 bits per heavy atom. The van der Waals surface area contributed by atoms with E-state index in [0.717, 1.165) is 5.54 Å². The van der Waals surface area contributed by atoms with Crippen molar-refractivity contribution in [3.05, 3.63) is 11.6 Å². The second-order valence-electron chi connectivity index (χ2n) is 2.15. The van der Waals surface area contributed by atoms with Crippen molar-refractivity contribution in [1.29, 1.82) is 0 Å². The summed E-state index contributed by atoms with van der Waals surface area (Å²) in [5.74, 6) is -3.19.